The van der Waals surface area contributed by atoms with Gasteiger partial charge in [-0.05, 0) is 87.2 Å². The molecule has 3 atom stereocenters. The van der Waals surface area contributed by atoms with Gasteiger partial charge < -0.3 is 30.7 Å². The van der Waals surface area contributed by atoms with Crippen LogP contribution in [0.2, 0.25) is 10.0 Å². The maximum absolute atomic E-state index is 5.86. The van der Waals surface area contributed by atoms with Gasteiger partial charge in [-0.15, -0.1) is 0 Å². The third-order valence-corrected chi connectivity index (χ3v) is 8.61. The highest BCUT2D eigenvalue weighted by molar-refractivity contribution is 6.30. The van der Waals surface area contributed by atoms with Crippen molar-refractivity contribution in [1.29, 1.82) is 0 Å². The van der Waals surface area contributed by atoms with Crippen molar-refractivity contribution in [3.63, 3.8) is 0 Å². The highest BCUT2D eigenvalue weighted by Gasteiger charge is 2.17. The van der Waals surface area contributed by atoms with Gasteiger partial charge in [0.25, 0.3) is 0 Å². The number of aryl methyl sites for hydroxylation is 1. The third-order valence-electron chi connectivity index (χ3n) is 8.11. The van der Waals surface area contributed by atoms with Crippen LogP contribution in [0.4, 0.5) is 5.69 Å². The number of benzene rings is 3. The van der Waals surface area contributed by atoms with Crippen molar-refractivity contribution in [1.82, 2.24) is 41.3 Å². The standard InChI is InChI=1S/C14H20ClN5.C13H18ClN5.C13H19N5/c1-10-17-13(19-14(18-10)20(2)3)16-9-8-11-4-6-12(15)7-5-11;1-9-16-12(18-13(17-9)19(2)3)15-8-10-4-6-11(14)7-5-10;1-9-6-5-7-11(8-9)16-12-14-10(2)15-13(17-12)18(3)4/h4-7,10H,8-9H2,1-3H3,(H2,16,17,18,19);4-7,9H,8H2,1-3H3,(H2,15,16,17,18);5-8,10H,1-4H3,(H2,14,15,16,17). The van der Waals surface area contributed by atoms with E-state index < -0.39 is 0 Å². The van der Waals surface area contributed by atoms with E-state index in [9.17, 15) is 0 Å². The Kier molecular flexibility index (Phi) is 16.8. The minimum atomic E-state index is -0.0732. The van der Waals surface area contributed by atoms with Crippen LogP contribution in [0.25, 0.3) is 0 Å². The van der Waals surface area contributed by atoms with Gasteiger partial charge in [-0.25, -0.2) is 25.0 Å². The predicted molar refractivity (Wildman–Crippen MR) is 240 cm³/mol. The fraction of sp³-hybridized carbons (Fsp3) is 0.400. The Hall–Kier alpha value is -5.54. The van der Waals surface area contributed by atoms with Crippen LogP contribution in [-0.4, -0.2) is 118 Å². The quantitative estimate of drug-likeness (QED) is 0.202. The Morgan fingerprint density at radius 3 is 1.67 bits per heavy atom. The summed E-state index contributed by atoms with van der Waals surface area (Å²) in [5, 5.41) is 20.6. The normalized spacial score (nSPS) is 19.8. The van der Waals surface area contributed by atoms with Crippen molar-refractivity contribution in [2.75, 3.05) is 54.1 Å². The summed E-state index contributed by atoms with van der Waals surface area (Å²) in [6.45, 7) is 9.32. The molecule has 3 unspecified atom stereocenters. The van der Waals surface area contributed by atoms with Crippen molar-refractivity contribution >= 4 is 64.6 Å². The van der Waals surface area contributed by atoms with Crippen LogP contribution >= 0.6 is 23.2 Å². The molecule has 0 fully saturated rings. The first-order valence-corrected chi connectivity index (χ1v) is 19.5. The van der Waals surface area contributed by atoms with Crippen molar-refractivity contribution in [3.8, 4) is 0 Å². The Morgan fingerprint density at radius 1 is 0.632 bits per heavy atom. The molecule has 0 bridgehead atoms. The smallest absolute Gasteiger partial charge is 0.204 e. The number of rotatable bonds is 6. The molecule has 306 valence electrons. The van der Waals surface area contributed by atoms with Crippen LogP contribution in [0.3, 0.4) is 0 Å². The van der Waals surface area contributed by atoms with E-state index in [4.69, 9.17) is 23.2 Å². The number of nitrogens with zero attached hydrogens (tertiary/aromatic N) is 9. The lowest BCUT2D eigenvalue weighted by Crippen LogP contribution is -2.53. The van der Waals surface area contributed by atoms with Crippen molar-refractivity contribution in [3.05, 3.63) is 99.5 Å². The molecular weight excluding hydrogens is 761 g/mol. The number of hydrogen-bond acceptors (Lipinski definition) is 11. The highest BCUT2D eigenvalue weighted by Crippen LogP contribution is 2.12. The van der Waals surface area contributed by atoms with Crippen molar-refractivity contribution in [2.24, 2.45) is 30.0 Å². The molecule has 0 saturated heterocycles. The number of anilines is 1. The molecule has 0 radical (unpaired) electrons. The van der Waals surface area contributed by atoms with E-state index in [2.05, 4.69) is 80.9 Å². The molecule has 3 heterocycles. The maximum atomic E-state index is 5.86. The monoisotopic (exact) mass is 817 g/mol. The van der Waals surface area contributed by atoms with E-state index in [1.807, 2.05) is 138 Å². The lowest BCUT2D eigenvalue weighted by molar-refractivity contribution is 0.559. The number of hydrogen-bond donors (Lipinski definition) is 6. The maximum Gasteiger partial charge on any atom is 0.204 e. The summed E-state index contributed by atoms with van der Waals surface area (Å²) in [7, 11) is 11.7. The van der Waals surface area contributed by atoms with Crippen LogP contribution in [0.15, 0.2) is 103 Å². The van der Waals surface area contributed by atoms with Gasteiger partial charge in [0.2, 0.25) is 23.8 Å². The topological polar surface area (TPSA) is 156 Å². The average molecular weight is 819 g/mol. The number of guanidine groups is 6. The molecule has 0 aliphatic carbocycles. The minimum Gasteiger partial charge on any atom is -0.349 e. The van der Waals surface area contributed by atoms with E-state index in [1.165, 1.54) is 11.1 Å². The van der Waals surface area contributed by atoms with Crippen LogP contribution in [0.1, 0.15) is 37.5 Å². The largest absolute Gasteiger partial charge is 0.349 e. The molecule has 0 amide bonds. The molecular formula is C40H57Cl2N15. The second-order valence-electron chi connectivity index (χ2n) is 14.1. The van der Waals surface area contributed by atoms with Gasteiger partial charge in [0.1, 0.15) is 18.5 Å². The minimum absolute atomic E-state index is 0.0163. The Morgan fingerprint density at radius 2 is 1.14 bits per heavy atom. The van der Waals surface area contributed by atoms with Crippen LogP contribution in [-0.2, 0) is 13.0 Å². The van der Waals surface area contributed by atoms with E-state index in [-0.39, 0.29) is 18.5 Å². The zero-order chi connectivity index (χ0) is 41.5. The average Bonchev–Trinajstić information content (AvgIpc) is 3.15. The second kappa shape index (κ2) is 21.7. The molecule has 0 aromatic heterocycles. The zero-order valence-electron chi connectivity index (χ0n) is 34.6. The molecule has 6 N–H and O–H groups in total. The van der Waals surface area contributed by atoms with E-state index in [1.54, 1.807) is 0 Å². The van der Waals surface area contributed by atoms with Gasteiger partial charge in [-0.2, -0.15) is 0 Å². The fourth-order valence-corrected chi connectivity index (χ4v) is 5.47. The zero-order valence-corrected chi connectivity index (χ0v) is 36.1. The molecule has 15 nitrogen and oxygen atoms in total. The SMILES string of the molecule is CC1N=C(N(C)C)NC(=NCCc2ccc(Cl)cc2)N1.CC1N=C(N(C)C)NC(=NCc2ccc(Cl)cc2)N1.Cc1cccc(NC2=NC(C)N=C(N(C)C)N2)c1. The first-order valence-electron chi connectivity index (χ1n) is 18.7. The first-order chi connectivity index (χ1) is 27.1. The van der Waals surface area contributed by atoms with Crippen LogP contribution < -0.4 is 31.9 Å². The van der Waals surface area contributed by atoms with Gasteiger partial charge in [-0.3, -0.25) is 20.9 Å². The summed E-state index contributed by atoms with van der Waals surface area (Å²) in [6.07, 6.45) is 0.855. The van der Waals surface area contributed by atoms with Crippen LogP contribution in [0.5, 0.6) is 0 Å². The van der Waals surface area contributed by atoms with E-state index in [0.29, 0.717) is 13.1 Å². The fourth-order valence-electron chi connectivity index (χ4n) is 5.22. The highest BCUT2D eigenvalue weighted by atomic mass is 35.5. The van der Waals surface area contributed by atoms with Gasteiger partial charge in [0.15, 0.2) is 11.9 Å². The second-order valence-corrected chi connectivity index (χ2v) is 14.9. The van der Waals surface area contributed by atoms with Crippen molar-refractivity contribution in [2.45, 2.75) is 59.2 Å². The number of nitrogens with one attached hydrogen (secondary N) is 6. The molecule has 6 rings (SSSR count). The third kappa shape index (κ3) is 15.5. The molecule has 3 aliphatic heterocycles. The summed E-state index contributed by atoms with van der Waals surface area (Å²) in [6, 6.07) is 23.7. The number of halogens is 2. The molecule has 57 heavy (non-hydrogen) atoms. The molecule has 0 spiro atoms. The van der Waals surface area contributed by atoms with Gasteiger partial charge in [0, 0.05) is 64.6 Å². The summed E-state index contributed by atoms with van der Waals surface area (Å²) < 4.78 is 0. The predicted octanol–water partition coefficient (Wildman–Crippen LogP) is 4.98. The van der Waals surface area contributed by atoms with E-state index in [0.717, 1.165) is 63.5 Å². The number of aliphatic imine (C=N–C) groups is 6. The summed E-state index contributed by atoms with van der Waals surface area (Å²) in [5.74, 6) is 4.67. The molecule has 3 aliphatic rings. The van der Waals surface area contributed by atoms with Gasteiger partial charge >= 0.3 is 0 Å². The Labute approximate surface area is 347 Å². The van der Waals surface area contributed by atoms with Crippen LogP contribution in [0, 0.1) is 6.92 Å². The Balaban J connectivity index is 0.000000190. The van der Waals surface area contributed by atoms with E-state index >= 15 is 0 Å². The molecule has 3 aromatic carbocycles. The Bertz CT molecular complexity index is 1930. The van der Waals surface area contributed by atoms with Gasteiger partial charge in [0.05, 0.1) is 6.54 Å². The lowest BCUT2D eigenvalue weighted by atomic mass is 10.1. The van der Waals surface area contributed by atoms with Crippen molar-refractivity contribution < 1.29 is 0 Å². The summed E-state index contributed by atoms with van der Waals surface area (Å²) in [4.78, 5) is 32.5. The molecule has 3 aromatic rings. The molecule has 17 heteroatoms. The van der Waals surface area contributed by atoms with Gasteiger partial charge in [-0.1, -0.05) is 59.6 Å². The summed E-state index contributed by atoms with van der Waals surface area (Å²) >= 11 is 11.7. The summed E-state index contributed by atoms with van der Waals surface area (Å²) in [5.41, 5.74) is 4.57. The lowest BCUT2D eigenvalue weighted by Gasteiger charge is -2.26. The molecule has 0 saturated carbocycles. The first kappa shape index (κ1) is 44.2.